The van der Waals surface area contributed by atoms with Gasteiger partial charge in [0, 0.05) is 12.6 Å². The Balaban J connectivity index is 1.46. The highest BCUT2D eigenvalue weighted by molar-refractivity contribution is 5.92. The molecule has 0 bridgehead atoms. The lowest BCUT2D eigenvalue weighted by Crippen LogP contribution is -2.34. The number of carbonyl (C=O) groups is 1. The molecule has 3 rings (SSSR count). The molecule has 1 aliphatic carbocycles. The van der Waals surface area contributed by atoms with Gasteiger partial charge >= 0.3 is 0 Å². The molecule has 0 spiro atoms. The lowest BCUT2D eigenvalue weighted by molar-refractivity contribution is 0.0928. The number of anilines is 1. The number of aromatic nitrogens is 1. The van der Waals surface area contributed by atoms with Gasteiger partial charge in [-0.3, -0.25) is 4.79 Å². The fraction of sp³-hybridized carbons (Fsp3) is 0.429. The Kier molecular flexibility index (Phi) is 6.43. The first-order chi connectivity index (χ1) is 12.3. The van der Waals surface area contributed by atoms with E-state index < -0.39 is 0 Å². The largest absolute Gasteiger partial charge is 0.383 e. The molecule has 1 heterocycles. The van der Waals surface area contributed by atoms with Crippen molar-refractivity contribution < 1.29 is 4.79 Å². The Hall–Kier alpha value is -2.36. The van der Waals surface area contributed by atoms with Crippen LogP contribution in [0, 0.1) is 0 Å². The zero-order chi connectivity index (χ0) is 17.3. The molecule has 1 aliphatic rings. The van der Waals surface area contributed by atoms with Crippen molar-refractivity contribution in [2.24, 2.45) is 0 Å². The highest BCUT2D eigenvalue weighted by Gasteiger charge is 2.16. The average molecular weight is 337 g/mol. The quantitative estimate of drug-likeness (QED) is 0.777. The molecule has 4 nitrogen and oxygen atoms in total. The molecule has 1 fully saturated rings. The van der Waals surface area contributed by atoms with Crippen molar-refractivity contribution in [3.05, 3.63) is 59.9 Å². The maximum Gasteiger partial charge on any atom is 0.270 e. The maximum atomic E-state index is 12.3. The molecule has 132 valence electrons. The second-order valence-corrected chi connectivity index (χ2v) is 6.76. The van der Waals surface area contributed by atoms with Crippen molar-refractivity contribution >= 4 is 11.6 Å². The Labute approximate surface area is 150 Å². The summed E-state index contributed by atoms with van der Waals surface area (Å²) < 4.78 is 0. The minimum Gasteiger partial charge on any atom is -0.383 e. The smallest absolute Gasteiger partial charge is 0.270 e. The Morgan fingerprint density at radius 3 is 2.44 bits per heavy atom. The van der Waals surface area contributed by atoms with Crippen LogP contribution in [0.4, 0.5) is 5.69 Å². The molecule has 1 aromatic carbocycles. The number of carbonyl (C=O) groups excluding carboxylic acids is 1. The molecule has 0 unspecified atom stereocenters. The van der Waals surface area contributed by atoms with Crippen molar-refractivity contribution in [2.75, 3.05) is 11.9 Å². The van der Waals surface area contributed by atoms with Crippen LogP contribution >= 0.6 is 0 Å². The predicted molar refractivity (Wildman–Crippen MR) is 102 cm³/mol. The number of hydrogen-bond donors (Lipinski definition) is 2. The highest BCUT2D eigenvalue weighted by atomic mass is 16.1. The van der Waals surface area contributed by atoms with E-state index in [1.165, 1.54) is 31.2 Å². The van der Waals surface area contributed by atoms with Crippen LogP contribution in [0.1, 0.15) is 54.6 Å². The maximum absolute atomic E-state index is 12.3. The monoisotopic (exact) mass is 337 g/mol. The van der Waals surface area contributed by atoms with Crippen LogP contribution in [0.3, 0.4) is 0 Å². The molecule has 1 aromatic heterocycles. The first-order valence-corrected chi connectivity index (χ1v) is 9.36. The van der Waals surface area contributed by atoms with E-state index in [1.807, 2.05) is 12.1 Å². The fourth-order valence-corrected chi connectivity index (χ4v) is 3.31. The van der Waals surface area contributed by atoms with Gasteiger partial charge in [-0.15, -0.1) is 0 Å². The first-order valence-electron chi connectivity index (χ1n) is 9.36. The molecule has 25 heavy (non-hydrogen) atoms. The van der Waals surface area contributed by atoms with E-state index >= 15 is 0 Å². The van der Waals surface area contributed by atoms with Crippen molar-refractivity contribution in [2.45, 2.75) is 51.0 Å². The van der Waals surface area contributed by atoms with Gasteiger partial charge in [0.25, 0.3) is 5.91 Å². The standard InChI is InChI=1S/C21H27N3O/c25-21(24-18-10-6-1-2-7-11-18)20-13-12-19(16-23-20)22-15-14-17-8-4-3-5-9-17/h3-5,8-9,12-13,16,18,22H,1-2,6-7,10-11,14-15H2,(H,24,25). The van der Waals surface area contributed by atoms with Crippen molar-refractivity contribution in [3.8, 4) is 0 Å². The molecule has 4 heteroatoms. The van der Waals surface area contributed by atoms with Crippen molar-refractivity contribution in [3.63, 3.8) is 0 Å². The van der Waals surface area contributed by atoms with Crippen LogP contribution < -0.4 is 10.6 Å². The minimum absolute atomic E-state index is 0.0530. The van der Waals surface area contributed by atoms with Gasteiger partial charge in [0.1, 0.15) is 5.69 Å². The lowest BCUT2D eigenvalue weighted by Gasteiger charge is -2.16. The van der Waals surface area contributed by atoms with Crippen molar-refractivity contribution in [1.82, 2.24) is 10.3 Å². The molecule has 0 saturated heterocycles. The Morgan fingerprint density at radius 2 is 1.76 bits per heavy atom. The molecule has 1 amide bonds. The summed E-state index contributed by atoms with van der Waals surface area (Å²) >= 11 is 0. The summed E-state index contributed by atoms with van der Waals surface area (Å²) in [4.78, 5) is 16.7. The molecule has 2 aromatic rings. The number of nitrogens with one attached hydrogen (secondary N) is 2. The number of benzene rings is 1. The van der Waals surface area contributed by atoms with Gasteiger partial charge in [-0.1, -0.05) is 56.0 Å². The topological polar surface area (TPSA) is 54.0 Å². The highest BCUT2D eigenvalue weighted by Crippen LogP contribution is 2.17. The predicted octanol–water partition coefficient (Wildman–Crippen LogP) is 4.19. The van der Waals surface area contributed by atoms with Gasteiger partial charge in [-0.25, -0.2) is 4.98 Å². The van der Waals surface area contributed by atoms with Crippen LogP contribution in [-0.2, 0) is 6.42 Å². The second kappa shape index (κ2) is 9.21. The molecule has 1 saturated carbocycles. The Morgan fingerprint density at radius 1 is 1.00 bits per heavy atom. The number of hydrogen-bond acceptors (Lipinski definition) is 3. The number of amides is 1. The third kappa shape index (κ3) is 5.59. The summed E-state index contributed by atoms with van der Waals surface area (Å²) in [7, 11) is 0. The summed E-state index contributed by atoms with van der Waals surface area (Å²) in [5, 5.41) is 6.49. The van der Waals surface area contributed by atoms with E-state index in [0.29, 0.717) is 11.7 Å². The van der Waals surface area contributed by atoms with Gasteiger partial charge in [-0.2, -0.15) is 0 Å². The van der Waals surface area contributed by atoms with Crippen LogP contribution in [0.15, 0.2) is 48.7 Å². The number of pyridine rings is 1. The van der Waals surface area contributed by atoms with Crippen molar-refractivity contribution in [1.29, 1.82) is 0 Å². The molecule has 0 radical (unpaired) electrons. The Bertz CT molecular complexity index is 647. The van der Waals surface area contributed by atoms with Crippen LogP contribution in [0.25, 0.3) is 0 Å². The normalized spacial score (nSPS) is 15.4. The summed E-state index contributed by atoms with van der Waals surface area (Å²) in [5.41, 5.74) is 2.75. The summed E-state index contributed by atoms with van der Waals surface area (Å²) in [6, 6.07) is 14.4. The summed E-state index contributed by atoms with van der Waals surface area (Å²) in [6.07, 6.45) is 9.88. The first kappa shape index (κ1) is 17.5. The van der Waals surface area contributed by atoms with Gasteiger partial charge in [0.2, 0.25) is 0 Å². The van der Waals surface area contributed by atoms with Gasteiger partial charge in [0.15, 0.2) is 0 Å². The van der Waals surface area contributed by atoms with Crippen LogP contribution in [0.2, 0.25) is 0 Å². The van der Waals surface area contributed by atoms with Gasteiger partial charge < -0.3 is 10.6 Å². The SMILES string of the molecule is O=C(NC1CCCCCC1)c1ccc(NCCc2ccccc2)cn1. The lowest BCUT2D eigenvalue weighted by atomic mass is 10.1. The second-order valence-electron chi connectivity index (χ2n) is 6.76. The molecule has 0 atom stereocenters. The van der Waals surface area contributed by atoms with E-state index in [0.717, 1.165) is 31.5 Å². The van der Waals surface area contributed by atoms with E-state index in [1.54, 1.807) is 12.3 Å². The molecule has 0 aliphatic heterocycles. The number of nitrogens with zero attached hydrogens (tertiary/aromatic N) is 1. The summed E-state index contributed by atoms with van der Waals surface area (Å²) in [6.45, 7) is 0.847. The van der Waals surface area contributed by atoms with E-state index in [-0.39, 0.29) is 5.91 Å². The van der Waals surface area contributed by atoms with E-state index in [2.05, 4.69) is 39.9 Å². The number of rotatable bonds is 6. The molecular formula is C21H27N3O. The molecular weight excluding hydrogens is 310 g/mol. The van der Waals surface area contributed by atoms with E-state index in [4.69, 9.17) is 0 Å². The summed E-state index contributed by atoms with van der Waals surface area (Å²) in [5.74, 6) is -0.0530. The minimum atomic E-state index is -0.0530. The molecule has 2 N–H and O–H groups in total. The van der Waals surface area contributed by atoms with Gasteiger partial charge in [0.05, 0.1) is 11.9 Å². The van der Waals surface area contributed by atoms with Crippen LogP contribution in [0.5, 0.6) is 0 Å². The fourth-order valence-electron chi connectivity index (χ4n) is 3.31. The third-order valence-corrected chi connectivity index (χ3v) is 4.77. The zero-order valence-electron chi connectivity index (χ0n) is 14.7. The van der Waals surface area contributed by atoms with Crippen LogP contribution in [-0.4, -0.2) is 23.5 Å². The average Bonchev–Trinajstić information content (AvgIpc) is 2.92. The van der Waals surface area contributed by atoms with E-state index in [9.17, 15) is 4.79 Å². The zero-order valence-corrected chi connectivity index (χ0v) is 14.7. The van der Waals surface area contributed by atoms with Gasteiger partial charge in [-0.05, 0) is 37.0 Å². The third-order valence-electron chi connectivity index (χ3n) is 4.77.